The van der Waals surface area contributed by atoms with E-state index in [1.165, 1.54) is 11.3 Å². The lowest BCUT2D eigenvalue weighted by molar-refractivity contribution is -0.116. The molecule has 9 heteroatoms. The van der Waals surface area contributed by atoms with Gasteiger partial charge in [-0.05, 0) is 44.0 Å². The molecule has 1 N–H and O–H groups in total. The van der Waals surface area contributed by atoms with Crippen molar-refractivity contribution in [2.24, 2.45) is 0 Å². The lowest BCUT2D eigenvalue weighted by Crippen LogP contribution is -2.14. The van der Waals surface area contributed by atoms with E-state index >= 15 is 0 Å². The van der Waals surface area contributed by atoms with Crippen LogP contribution in [0.25, 0.3) is 27.1 Å². The molecule has 0 unspecified atom stereocenters. The van der Waals surface area contributed by atoms with Gasteiger partial charge in [0.1, 0.15) is 0 Å². The van der Waals surface area contributed by atoms with Gasteiger partial charge in [-0.1, -0.05) is 53.3 Å². The topological polar surface area (TPSA) is 85.1 Å². The molecule has 0 saturated carbocycles. The van der Waals surface area contributed by atoms with Crippen molar-refractivity contribution in [1.82, 2.24) is 24.8 Å². The first-order valence-corrected chi connectivity index (χ1v) is 11.3. The Balaban J connectivity index is 1.32. The van der Waals surface area contributed by atoms with Crippen molar-refractivity contribution in [3.8, 4) is 10.6 Å². The highest BCUT2D eigenvalue weighted by molar-refractivity contribution is 7.18. The Hall–Kier alpha value is -3.36. The lowest BCUT2D eigenvalue weighted by Gasteiger charge is -2.10. The van der Waals surface area contributed by atoms with Gasteiger partial charge in [-0.3, -0.25) is 4.79 Å². The molecule has 0 radical (unpaired) electrons. The molecule has 0 atom stereocenters. The normalized spacial score (nSPS) is 11.3. The van der Waals surface area contributed by atoms with Crippen LogP contribution in [0.15, 0.2) is 48.5 Å². The molecule has 0 aliphatic rings. The molecule has 0 fully saturated rings. The number of aromatic nitrogens is 5. The largest absolute Gasteiger partial charge is 0.301 e. The fourth-order valence-corrected chi connectivity index (χ4v) is 4.86. The van der Waals surface area contributed by atoms with Crippen molar-refractivity contribution >= 4 is 50.5 Å². The zero-order chi connectivity index (χ0) is 22.2. The highest BCUT2D eigenvalue weighted by atomic mass is 35.5. The highest BCUT2D eigenvalue weighted by Crippen LogP contribution is 2.31. The van der Waals surface area contributed by atoms with Crippen LogP contribution in [0, 0.1) is 13.8 Å². The van der Waals surface area contributed by atoms with E-state index in [1.807, 2.05) is 60.8 Å². The monoisotopic (exact) mass is 462 g/mol. The van der Waals surface area contributed by atoms with Crippen molar-refractivity contribution < 1.29 is 4.79 Å². The van der Waals surface area contributed by atoms with Crippen molar-refractivity contribution in [2.75, 3.05) is 5.32 Å². The van der Waals surface area contributed by atoms with Crippen LogP contribution in [0.4, 0.5) is 5.13 Å². The summed E-state index contributed by atoms with van der Waals surface area (Å²) in [7, 11) is 0. The van der Waals surface area contributed by atoms with Crippen LogP contribution >= 0.6 is 22.9 Å². The molecule has 7 nitrogen and oxygen atoms in total. The Labute approximate surface area is 193 Å². The molecule has 0 aliphatic carbocycles. The second kappa shape index (κ2) is 8.29. The predicted octanol–water partition coefficient (Wildman–Crippen LogP) is 5.24. The average molecular weight is 463 g/mol. The summed E-state index contributed by atoms with van der Waals surface area (Å²) in [6, 6.07) is 15.4. The summed E-state index contributed by atoms with van der Waals surface area (Å²) in [4.78, 5) is 17.4. The molecule has 160 valence electrons. The van der Waals surface area contributed by atoms with Crippen LogP contribution in [0.1, 0.15) is 23.4 Å². The van der Waals surface area contributed by atoms with Gasteiger partial charge in [0.25, 0.3) is 0 Å². The minimum Gasteiger partial charge on any atom is -0.301 e. The Morgan fingerprint density at radius 2 is 1.88 bits per heavy atom. The van der Waals surface area contributed by atoms with Crippen LogP contribution in [0.2, 0.25) is 5.02 Å². The maximum absolute atomic E-state index is 12.6. The van der Waals surface area contributed by atoms with Gasteiger partial charge in [-0.15, -0.1) is 10.2 Å². The van der Waals surface area contributed by atoms with Crippen LogP contribution in [0.3, 0.4) is 0 Å². The zero-order valence-electron chi connectivity index (χ0n) is 17.5. The molecule has 5 rings (SSSR count). The molecule has 2 aromatic carbocycles. The number of hydrogen-bond donors (Lipinski definition) is 1. The van der Waals surface area contributed by atoms with Gasteiger partial charge in [-0.2, -0.15) is 5.10 Å². The zero-order valence-corrected chi connectivity index (χ0v) is 19.0. The maximum atomic E-state index is 12.6. The van der Waals surface area contributed by atoms with E-state index in [2.05, 4.69) is 20.6 Å². The van der Waals surface area contributed by atoms with E-state index in [-0.39, 0.29) is 5.91 Å². The first-order valence-electron chi connectivity index (χ1n) is 10.1. The van der Waals surface area contributed by atoms with Crippen LogP contribution in [-0.4, -0.2) is 30.7 Å². The molecule has 3 aromatic heterocycles. The Morgan fingerprint density at radius 3 is 2.72 bits per heavy atom. The second-order valence-corrected chi connectivity index (χ2v) is 8.84. The Morgan fingerprint density at radius 1 is 1.09 bits per heavy atom. The summed E-state index contributed by atoms with van der Waals surface area (Å²) in [6.07, 6.45) is 0.857. The fourth-order valence-electron chi connectivity index (χ4n) is 3.78. The molecule has 0 spiro atoms. The summed E-state index contributed by atoms with van der Waals surface area (Å²) in [5.74, 6) is -0.128. The SMILES string of the molecule is Cc1nc2c3ccccc3nn2c(C)c1CCC(=O)Nc1nnc(-c2ccccc2Cl)s1. The number of fused-ring (bicyclic) bond motifs is 3. The number of rotatable bonds is 5. The standard InChI is InChI=1S/C23H19ClN6OS/c1-13-15(14(2)30-21(25-13)17-8-4-6-10-19(17)29-30)11-12-20(31)26-23-28-27-22(32-23)16-7-3-5-9-18(16)24/h3-10H,11-12H2,1-2H3,(H,26,28,31). The second-order valence-electron chi connectivity index (χ2n) is 7.45. The van der Waals surface area contributed by atoms with Gasteiger partial charge < -0.3 is 5.32 Å². The minimum absolute atomic E-state index is 0.128. The first kappa shape index (κ1) is 20.5. The first-order chi connectivity index (χ1) is 15.5. The van der Waals surface area contributed by atoms with Crippen molar-refractivity contribution in [3.05, 3.63) is 70.5 Å². The molecular weight excluding hydrogens is 444 g/mol. The molecule has 0 bridgehead atoms. The fraction of sp³-hybridized carbons (Fsp3) is 0.174. The third kappa shape index (κ3) is 3.72. The number of halogens is 1. The van der Waals surface area contributed by atoms with Gasteiger partial charge in [0, 0.05) is 28.8 Å². The van der Waals surface area contributed by atoms with E-state index < -0.39 is 0 Å². The predicted molar refractivity (Wildman–Crippen MR) is 127 cm³/mol. The number of benzene rings is 2. The number of nitrogens with one attached hydrogen (secondary N) is 1. The number of hydrogen-bond acceptors (Lipinski definition) is 6. The number of carbonyl (C=O) groups excluding carboxylic acids is 1. The third-order valence-electron chi connectivity index (χ3n) is 5.40. The molecule has 32 heavy (non-hydrogen) atoms. The number of nitrogens with zero attached hydrogens (tertiary/aromatic N) is 5. The quantitative estimate of drug-likeness (QED) is 0.386. The summed E-state index contributed by atoms with van der Waals surface area (Å²) in [5, 5.41) is 18.5. The van der Waals surface area contributed by atoms with Gasteiger partial charge in [0.2, 0.25) is 11.0 Å². The number of carbonyl (C=O) groups is 1. The van der Waals surface area contributed by atoms with Crippen molar-refractivity contribution in [1.29, 1.82) is 0 Å². The maximum Gasteiger partial charge on any atom is 0.226 e. The summed E-state index contributed by atoms with van der Waals surface area (Å²) in [5.41, 5.74) is 5.46. The van der Waals surface area contributed by atoms with Gasteiger partial charge in [0.05, 0.1) is 10.5 Å². The molecule has 0 aliphatic heterocycles. The molecule has 3 heterocycles. The Bertz CT molecular complexity index is 1470. The smallest absolute Gasteiger partial charge is 0.226 e. The molecular formula is C23H19ClN6OS. The van der Waals surface area contributed by atoms with E-state index in [9.17, 15) is 4.79 Å². The number of anilines is 1. The van der Waals surface area contributed by atoms with E-state index in [0.717, 1.165) is 39.1 Å². The third-order valence-corrected chi connectivity index (χ3v) is 6.60. The van der Waals surface area contributed by atoms with Crippen molar-refractivity contribution in [3.63, 3.8) is 0 Å². The van der Waals surface area contributed by atoms with Crippen molar-refractivity contribution in [2.45, 2.75) is 26.7 Å². The van der Waals surface area contributed by atoms with Crippen LogP contribution in [-0.2, 0) is 11.2 Å². The van der Waals surface area contributed by atoms with Crippen LogP contribution < -0.4 is 5.32 Å². The van der Waals surface area contributed by atoms with E-state index in [0.29, 0.717) is 28.0 Å². The molecule has 5 aromatic rings. The summed E-state index contributed by atoms with van der Waals surface area (Å²) >= 11 is 7.52. The minimum atomic E-state index is -0.128. The lowest BCUT2D eigenvalue weighted by atomic mass is 10.1. The Kier molecular flexibility index (Phi) is 5.32. The molecule has 1 amide bonds. The average Bonchev–Trinajstić information content (AvgIpc) is 3.39. The number of amides is 1. The van der Waals surface area contributed by atoms with Gasteiger partial charge in [0.15, 0.2) is 10.7 Å². The molecule has 0 saturated heterocycles. The summed E-state index contributed by atoms with van der Waals surface area (Å²) in [6.45, 7) is 3.99. The van der Waals surface area contributed by atoms with Gasteiger partial charge in [-0.25, -0.2) is 9.50 Å². The number of aryl methyl sites for hydroxylation is 2. The van der Waals surface area contributed by atoms with E-state index in [1.54, 1.807) is 6.07 Å². The summed E-state index contributed by atoms with van der Waals surface area (Å²) < 4.78 is 1.87. The van der Waals surface area contributed by atoms with Crippen LogP contribution in [0.5, 0.6) is 0 Å². The van der Waals surface area contributed by atoms with Gasteiger partial charge >= 0.3 is 0 Å². The van der Waals surface area contributed by atoms with E-state index in [4.69, 9.17) is 16.6 Å². The highest BCUT2D eigenvalue weighted by Gasteiger charge is 2.16.